The third-order valence-electron chi connectivity index (χ3n) is 5.21. The number of nitrogens with zero attached hydrogens (tertiary/aromatic N) is 2. The van der Waals surface area contributed by atoms with Crippen LogP contribution in [0.4, 0.5) is 0 Å². The number of H-pyrrole nitrogens is 1. The number of carbonyl (C=O) groups excluding carboxylic acids is 1. The molecule has 1 saturated heterocycles. The largest absolute Gasteiger partial charge is 0.462 e. The van der Waals surface area contributed by atoms with Crippen LogP contribution in [-0.2, 0) is 26.0 Å². The molecular weight excluding hydrogens is 458 g/mol. The number of sulfonamides is 1. The third kappa shape index (κ3) is 4.58. The van der Waals surface area contributed by atoms with E-state index in [0.717, 1.165) is 11.0 Å². The lowest BCUT2D eigenvalue weighted by atomic mass is 10.2. The van der Waals surface area contributed by atoms with Crippen molar-refractivity contribution < 1.29 is 22.7 Å². The molecule has 0 spiro atoms. The molecule has 9 nitrogen and oxygen atoms in total. The average molecular weight is 480 g/mol. The number of ether oxygens (including phenoxy) is 2. The highest BCUT2D eigenvalue weighted by Gasteiger charge is 2.28. The van der Waals surface area contributed by atoms with Crippen LogP contribution in [-0.4, -0.2) is 61.2 Å². The van der Waals surface area contributed by atoms with Gasteiger partial charge in [0.15, 0.2) is 0 Å². The lowest BCUT2D eigenvalue weighted by molar-refractivity contribution is 0.0496. The minimum atomic E-state index is -3.77. The van der Waals surface area contributed by atoms with Crippen LogP contribution in [0.3, 0.4) is 0 Å². The molecule has 11 heteroatoms. The molecule has 3 aromatic rings. The van der Waals surface area contributed by atoms with Gasteiger partial charge in [-0.1, -0.05) is 23.7 Å². The smallest absolute Gasteiger partial charge is 0.339 e. The van der Waals surface area contributed by atoms with Gasteiger partial charge in [0.25, 0.3) is 0 Å². The second-order valence-corrected chi connectivity index (χ2v) is 9.59. The molecule has 1 aliphatic heterocycles. The quantitative estimate of drug-likeness (QED) is 0.411. The van der Waals surface area contributed by atoms with E-state index >= 15 is 0 Å². The number of imidazole rings is 1. The maximum Gasteiger partial charge on any atom is 0.339 e. The van der Waals surface area contributed by atoms with Gasteiger partial charge in [-0.15, -0.1) is 0 Å². The van der Waals surface area contributed by atoms with Gasteiger partial charge < -0.3 is 14.5 Å². The van der Waals surface area contributed by atoms with Crippen molar-refractivity contribution in [1.82, 2.24) is 13.9 Å². The highest BCUT2D eigenvalue weighted by atomic mass is 35.5. The van der Waals surface area contributed by atoms with Gasteiger partial charge in [0, 0.05) is 19.6 Å². The summed E-state index contributed by atoms with van der Waals surface area (Å²) in [6.45, 7) is 1.54. The second-order valence-electron chi connectivity index (χ2n) is 7.25. The molecule has 170 valence electrons. The first-order chi connectivity index (χ1) is 15.4. The number of aromatic nitrogens is 2. The molecule has 1 aliphatic rings. The minimum Gasteiger partial charge on any atom is -0.462 e. The molecule has 0 unspecified atom stereocenters. The number of nitrogens with one attached hydrogen (secondary N) is 1. The fourth-order valence-corrected chi connectivity index (χ4v) is 5.18. The van der Waals surface area contributed by atoms with Crippen LogP contribution in [0.25, 0.3) is 11.0 Å². The predicted molar refractivity (Wildman–Crippen MR) is 118 cm³/mol. The van der Waals surface area contributed by atoms with E-state index in [2.05, 4.69) is 4.98 Å². The van der Waals surface area contributed by atoms with Crippen LogP contribution in [0.5, 0.6) is 0 Å². The number of benzene rings is 2. The summed E-state index contributed by atoms with van der Waals surface area (Å²) in [5.74, 6) is -0.722. The predicted octanol–water partition coefficient (Wildman–Crippen LogP) is 2.25. The van der Waals surface area contributed by atoms with Crippen molar-refractivity contribution in [3.05, 3.63) is 63.5 Å². The highest BCUT2D eigenvalue weighted by Crippen LogP contribution is 2.24. The summed E-state index contributed by atoms with van der Waals surface area (Å²) in [4.78, 5) is 27.4. The number of aromatic amines is 1. The van der Waals surface area contributed by atoms with Gasteiger partial charge in [-0.25, -0.2) is 18.0 Å². The maximum atomic E-state index is 12.8. The molecular formula is C21H22ClN3O6S. The van der Waals surface area contributed by atoms with E-state index in [0.29, 0.717) is 26.2 Å². The molecule has 0 saturated carbocycles. The van der Waals surface area contributed by atoms with Gasteiger partial charge in [0.2, 0.25) is 10.0 Å². The van der Waals surface area contributed by atoms with Crippen LogP contribution < -0.4 is 5.69 Å². The standard InChI is InChI=1S/C21H22ClN3O6S/c22-17-7-6-15(32(28,29)24-9-12-30-13-10-24)14-16(17)20(26)31-11-3-8-25-19-5-2-1-4-18(19)23-21(25)27/h1-2,4-7,14H,3,8-13H2,(H,23,27). The first kappa shape index (κ1) is 22.5. The van der Waals surface area contributed by atoms with Crippen LogP contribution >= 0.6 is 11.6 Å². The van der Waals surface area contributed by atoms with E-state index in [1.807, 2.05) is 24.3 Å². The van der Waals surface area contributed by atoms with Gasteiger partial charge in [-0.05, 0) is 36.8 Å². The Balaban J connectivity index is 1.41. The Kier molecular flexibility index (Phi) is 6.66. The van der Waals surface area contributed by atoms with Gasteiger partial charge in [-0.3, -0.25) is 4.57 Å². The van der Waals surface area contributed by atoms with Crippen molar-refractivity contribution in [2.75, 3.05) is 32.9 Å². The molecule has 0 radical (unpaired) electrons. The SMILES string of the molecule is O=C(OCCCn1c(=O)[nH]c2ccccc21)c1cc(S(=O)(=O)N2CCOCC2)ccc1Cl. The average Bonchev–Trinajstić information content (AvgIpc) is 3.12. The van der Waals surface area contributed by atoms with Crippen LogP contribution in [0, 0.1) is 0 Å². The fraction of sp³-hybridized carbons (Fsp3) is 0.333. The summed E-state index contributed by atoms with van der Waals surface area (Å²) in [6.07, 6.45) is 0.400. The first-order valence-electron chi connectivity index (χ1n) is 10.1. The number of morpholine rings is 1. The third-order valence-corrected chi connectivity index (χ3v) is 7.43. The second kappa shape index (κ2) is 9.45. The van der Waals surface area contributed by atoms with Crippen LogP contribution in [0.15, 0.2) is 52.2 Å². The molecule has 2 aromatic carbocycles. The van der Waals surface area contributed by atoms with Crippen molar-refractivity contribution in [2.45, 2.75) is 17.9 Å². The van der Waals surface area contributed by atoms with Crippen molar-refractivity contribution in [3.63, 3.8) is 0 Å². The summed E-state index contributed by atoms with van der Waals surface area (Å²) in [5.41, 5.74) is 1.25. The summed E-state index contributed by atoms with van der Waals surface area (Å²) in [5, 5.41) is 0.101. The molecule has 0 aliphatic carbocycles. The topological polar surface area (TPSA) is 111 Å². The van der Waals surface area contributed by atoms with Gasteiger partial charge in [-0.2, -0.15) is 4.31 Å². The highest BCUT2D eigenvalue weighted by molar-refractivity contribution is 7.89. The zero-order chi connectivity index (χ0) is 22.7. The lowest BCUT2D eigenvalue weighted by Crippen LogP contribution is -2.40. The van der Waals surface area contributed by atoms with Gasteiger partial charge in [0.1, 0.15) is 0 Å². The van der Waals surface area contributed by atoms with Crippen molar-refractivity contribution >= 4 is 38.6 Å². The van der Waals surface area contributed by atoms with Gasteiger partial charge >= 0.3 is 11.7 Å². The number of halogens is 1. The Morgan fingerprint density at radius 2 is 1.91 bits per heavy atom. The number of hydrogen-bond acceptors (Lipinski definition) is 6. The minimum absolute atomic E-state index is 0.0229. The monoisotopic (exact) mass is 479 g/mol. The number of rotatable bonds is 7. The number of carbonyl (C=O) groups is 1. The van der Waals surface area contributed by atoms with Crippen molar-refractivity contribution in [2.24, 2.45) is 0 Å². The maximum absolute atomic E-state index is 12.8. The first-order valence-corrected chi connectivity index (χ1v) is 11.9. The Bertz CT molecular complexity index is 1290. The molecule has 1 N–H and O–H groups in total. The molecule has 1 aromatic heterocycles. The zero-order valence-electron chi connectivity index (χ0n) is 17.1. The number of hydrogen-bond donors (Lipinski definition) is 1. The lowest BCUT2D eigenvalue weighted by Gasteiger charge is -2.26. The number of fused-ring (bicyclic) bond motifs is 1. The molecule has 0 amide bonds. The van der Waals surface area contributed by atoms with E-state index in [1.54, 1.807) is 4.57 Å². The number of esters is 1. The fourth-order valence-electron chi connectivity index (χ4n) is 3.55. The van der Waals surface area contributed by atoms with Crippen molar-refractivity contribution in [1.29, 1.82) is 0 Å². The molecule has 1 fully saturated rings. The molecule has 2 heterocycles. The Morgan fingerprint density at radius 1 is 1.16 bits per heavy atom. The molecule has 32 heavy (non-hydrogen) atoms. The summed E-state index contributed by atoms with van der Waals surface area (Å²) >= 11 is 6.13. The normalized spacial score (nSPS) is 15.2. The van der Waals surface area contributed by atoms with E-state index < -0.39 is 16.0 Å². The number of para-hydroxylation sites is 2. The van der Waals surface area contributed by atoms with Gasteiger partial charge in [0.05, 0.1) is 46.3 Å². The summed E-state index contributed by atoms with van der Waals surface area (Å²) in [7, 11) is -3.77. The molecule has 0 bridgehead atoms. The van der Waals surface area contributed by atoms with E-state index in [4.69, 9.17) is 21.1 Å². The van der Waals surface area contributed by atoms with Crippen LogP contribution in [0.2, 0.25) is 5.02 Å². The van der Waals surface area contributed by atoms with E-state index in [9.17, 15) is 18.0 Å². The van der Waals surface area contributed by atoms with Crippen molar-refractivity contribution in [3.8, 4) is 0 Å². The summed E-state index contributed by atoms with van der Waals surface area (Å²) in [6, 6.07) is 11.3. The Labute approximate surface area is 189 Å². The molecule has 0 atom stereocenters. The Hall–Kier alpha value is -2.66. The summed E-state index contributed by atoms with van der Waals surface area (Å²) < 4.78 is 39.1. The number of aryl methyl sites for hydroxylation is 1. The van der Waals surface area contributed by atoms with Crippen LogP contribution in [0.1, 0.15) is 16.8 Å². The Morgan fingerprint density at radius 3 is 2.69 bits per heavy atom. The van der Waals surface area contributed by atoms with E-state index in [-0.39, 0.29) is 40.9 Å². The molecule has 4 rings (SSSR count). The van der Waals surface area contributed by atoms with E-state index in [1.165, 1.54) is 22.5 Å². The zero-order valence-corrected chi connectivity index (χ0v) is 18.7.